The lowest BCUT2D eigenvalue weighted by Gasteiger charge is -2.11. The number of rotatable bonds is 6. The predicted octanol–water partition coefficient (Wildman–Crippen LogP) is 2.15. The minimum absolute atomic E-state index is 0.681. The molecule has 0 spiro atoms. The van der Waals surface area contributed by atoms with E-state index >= 15 is 0 Å². The molecule has 0 heterocycles. The van der Waals surface area contributed by atoms with Crippen LogP contribution in [0.2, 0.25) is 0 Å². The molecular formula is C9H16N2. The maximum absolute atomic E-state index is 8.58. The van der Waals surface area contributed by atoms with E-state index in [2.05, 4.69) is 19.7 Å². The van der Waals surface area contributed by atoms with E-state index in [-0.39, 0.29) is 0 Å². The maximum Gasteiger partial charge on any atom is 0.179 e. The molecule has 0 saturated carbocycles. The van der Waals surface area contributed by atoms with Crippen molar-refractivity contribution in [3.05, 3.63) is 12.7 Å². The zero-order chi connectivity index (χ0) is 8.53. The second-order valence-corrected chi connectivity index (χ2v) is 2.54. The third kappa shape index (κ3) is 5.47. The first-order valence-corrected chi connectivity index (χ1v) is 4.10. The van der Waals surface area contributed by atoms with Crippen LogP contribution in [-0.4, -0.2) is 18.0 Å². The summed E-state index contributed by atoms with van der Waals surface area (Å²) < 4.78 is 0. The Morgan fingerprint density at radius 1 is 1.55 bits per heavy atom. The molecule has 0 aliphatic heterocycles. The molecule has 0 aromatic heterocycles. The molecule has 0 unspecified atom stereocenters. The summed E-state index contributed by atoms with van der Waals surface area (Å²) in [6, 6.07) is 0. The summed E-state index contributed by atoms with van der Waals surface area (Å²) in [6.45, 7) is 7.29. The van der Waals surface area contributed by atoms with Gasteiger partial charge in [-0.25, -0.2) is 0 Å². The van der Waals surface area contributed by atoms with Crippen molar-refractivity contribution >= 4 is 0 Å². The smallest absolute Gasteiger partial charge is 0.179 e. The maximum atomic E-state index is 8.58. The molecule has 0 fully saturated rings. The standard InChI is InChI=1S/C9H16N2/c1-3-5-6-8-11(9-10)7-4-2/h4H,2-3,5-8H2,1H3. The highest BCUT2D eigenvalue weighted by Gasteiger charge is 1.96. The molecule has 0 atom stereocenters. The van der Waals surface area contributed by atoms with Crippen LogP contribution in [0.4, 0.5) is 0 Å². The molecule has 0 bridgehead atoms. The largest absolute Gasteiger partial charge is 0.307 e. The predicted molar refractivity (Wildman–Crippen MR) is 46.9 cm³/mol. The summed E-state index contributed by atoms with van der Waals surface area (Å²) in [4.78, 5) is 1.72. The van der Waals surface area contributed by atoms with Crippen LogP contribution in [-0.2, 0) is 0 Å². The van der Waals surface area contributed by atoms with E-state index in [1.807, 2.05) is 0 Å². The highest BCUT2D eigenvalue weighted by atomic mass is 15.1. The highest BCUT2D eigenvalue weighted by molar-refractivity contribution is 4.81. The van der Waals surface area contributed by atoms with Crippen molar-refractivity contribution in [3.63, 3.8) is 0 Å². The molecule has 0 aromatic carbocycles. The van der Waals surface area contributed by atoms with Crippen LogP contribution in [0.1, 0.15) is 26.2 Å². The summed E-state index contributed by atoms with van der Waals surface area (Å²) in [5.74, 6) is 0. The molecule has 0 aromatic rings. The second kappa shape index (κ2) is 7.14. The Bertz CT molecular complexity index is 135. The molecule has 11 heavy (non-hydrogen) atoms. The van der Waals surface area contributed by atoms with E-state index in [4.69, 9.17) is 5.26 Å². The van der Waals surface area contributed by atoms with Gasteiger partial charge in [0.15, 0.2) is 6.19 Å². The third-order valence-electron chi connectivity index (χ3n) is 1.52. The van der Waals surface area contributed by atoms with Crippen molar-refractivity contribution in [2.75, 3.05) is 13.1 Å². The Morgan fingerprint density at radius 3 is 2.73 bits per heavy atom. The molecule has 2 nitrogen and oxygen atoms in total. The van der Waals surface area contributed by atoms with Gasteiger partial charge >= 0.3 is 0 Å². The lowest BCUT2D eigenvalue weighted by Crippen LogP contribution is -2.18. The average molecular weight is 152 g/mol. The average Bonchev–Trinajstić information content (AvgIpc) is 2.03. The number of nitriles is 1. The molecule has 62 valence electrons. The summed E-state index contributed by atoms with van der Waals surface area (Å²) in [5, 5.41) is 8.58. The topological polar surface area (TPSA) is 27.0 Å². The van der Waals surface area contributed by atoms with E-state index in [1.165, 1.54) is 12.8 Å². The van der Waals surface area contributed by atoms with E-state index in [1.54, 1.807) is 11.0 Å². The zero-order valence-electron chi connectivity index (χ0n) is 7.21. The van der Waals surface area contributed by atoms with Gasteiger partial charge in [-0.2, -0.15) is 5.26 Å². The molecule has 0 aliphatic rings. The first kappa shape index (κ1) is 10.0. The van der Waals surface area contributed by atoms with Gasteiger partial charge in [-0.15, -0.1) is 6.58 Å². The van der Waals surface area contributed by atoms with Gasteiger partial charge in [0.1, 0.15) is 0 Å². The Kier molecular flexibility index (Phi) is 6.51. The van der Waals surface area contributed by atoms with Crippen LogP contribution in [0, 0.1) is 11.5 Å². The van der Waals surface area contributed by atoms with Gasteiger partial charge in [-0.05, 0) is 6.42 Å². The van der Waals surface area contributed by atoms with E-state index in [0.717, 1.165) is 13.0 Å². The van der Waals surface area contributed by atoms with E-state index in [0.29, 0.717) is 6.54 Å². The van der Waals surface area contributed by atoms with Gasteiger partial charge in [0.2, 0.25) is 0 Å². The first-order chi connectivity index (χ1) is 5.35. The fourth-order valence-corrected chi connectivity index (χ4v) is 0.891. The number of nitrogens with zero attached hydrogens (tertiary/aromatic N) is 2. The van der Waals surface area contributed by atoms with Crippen molar-refractivity contribution in [3.8, 4) is 6.19 Å². The molecule has 0 rings (SSSR count). The summed E-state index contributed by atoms with van der Waals surface area (Å²) in [5.41, 5.74) is 0. The number of hydrogen-bond acceptors (Lipinski definition) is 2. The molecule has 0 aliphatic carbocycles. The van der Waals surface area contributed by atoms with Gasteiger partial charge in [-0.1, -0.05) is 25.8 Å². The van der Waals surface area contributed by atoms with Crippen molar-refractivity contribution < 1.29 is 0 Å². The molecule has 0 saturated heterocycles. The van der Waals surface area contributed by atoms with Crippen molar-refractivity contribution in [1.82, 2.24) is 4.90 Å². The minimum atomic E-state index is 0.681. The fourth-order valence-electron chi connectivity index (χ4n) is 0.891. The number of hydrogen-bond donors (Lipinski definition) is 0. The lowest BCUT2D eigenvalue weighted by atomic mass is 10.2. The normalized spacial score (nSPS) is 8.73. The Labute approximate surface area is 69.1 Å². The summed E-state index contributed by atoms with van der Waals surface area (Å²) in [6.07, 6.45) is 7.40. The minimum Gasteiger partial charge on any atom is -0.307 e. The SMILES string of the molecule is C=CCN(C#N)CCCCC. The molecule has 2 heteroatoms. The first-order valence-electron chi connectivity index (χ1n) is 4.10. The molecule has 0 radical (unpaired) electrons. The van der Waals surface area contributed by atoms with Crippen molar-refractivity contribution in [2.24, 2.45) is 0 Å². The van der Waals surface area contributed by atoms with Gasteiger partial charge in [0.25, 0.3) is 0 Å². The zero-order valence-corrected chi connectivity index (χ0v) is 7.21. The van der Waals surface area contributed by atoms with Crippen molar-refractivity contribution in [1.29, 1.82) is 5.26 Å². The molecule has 0 N–H and O–H groups in total. The van der Waals surface area contributed by atoms with Crippen LogP contribution in [0.15, 0.2) is 12.7 Å². The second-order valence-electron chi connectivity index (χ2n) is 2.54. The Balaban J connectivity index is 3.37. The van der Waals surface area contributed by atoms with Crippen LogP contribution in [0.3, 0.4) is 0 Å². The van der Waals surface area contributed by atoms with Crippen LogP contribution >= 0.6 is 0 Å². The van der Waals surface area contributed by atoms with Gasteiger partial charge in [-0.3, -0.25) is 0 Å². The summed E-state index contributed by atoms with van der Waals surface area (Å²) >= 11 is 0. The molecular weight excluding hydrogens is 136 g/mol. The summed E-state index contributed by atoms with van der Waals surface area (Å²) in [7, 11) is 0. The fraction of sp³-hybridized carbons (Fsp3) is 0.667. The van der Waals surface area contributed by atoms with Gasteiger partial charge in [0, 0.05) is 13.1 Å². The quantitative estimate of drug-likeness (QED) is 0.252. The van der Waals surface area contributed by atoms with Gasteiger partial charge < -0.3 is 4.90 Å². The van der Waals surface area contributed by atoms with Gasteiger partial charge in [0.05, 0.1) is 0 Å². The van der Waals surface area contributed by atoms with Crippen molar-refractivity contribution in [2.45, 2.75) is 26.2 Å². The Morgan fingerprint density at radius 2 is 2.27 bits per heavy atom. The number of unbranched alkanes of at least 4 members (excludes halogenated alkanes) is 2. The third-order valence-corrected chi connectivity index (χ3v) is 1.52. The van der Waals surface area contributed by atoms with Crippen LogP contribution in [0.25, 0.3) is 0 Å². The molecule has 0 amide bonds. The highest BCUT2D eigenvalue weighted by Crippen LogP contribution is 1.96. The monoisotopic (exact) mass is 152 g/mol. The Hall–Kier alpha value is -0.970. The van der Waals surface area contributed by atoms with E-state index in [9.17, 15) is 0 Å². The van der Waals surface area contributed by atoms with E-state index < -0.39 is 0 Å². The van der Waals surface area contributed by atoms with Crippen LogP contribution in [0.5, 0.6) is 0 Å². The lowest BCUT2D eigenvalue weighted by molar-refractivity contribution is 0.415. The van der Waals surface area contributed by atoms with Crippen LogP contribution < -0.4 is 0 Å².